The number of ether oxygens (including phenoxy) is 4. The van der Waals surface area contributed by atoms with Gasteiger partial charge in [-0.3, -0.25) is 0 Å². The third kappa shape index (κ3) is 6.33. The maximum absolute atomic E-state index is 15.4. The molecule has 43 heavy (non-hydrogen) atoms. The van der Waals surface area contributed by atoms with Gasteiger partial charge in [-0.2, -0.15) is 4.31 Å². The molecular weight excluding hydrogens is 576 g/mol. The molecule has 0 amide bonds. The molecule has 3 aromatic rings. The molecule has 1 fully saturated rings. The topological polar surface area (TPSA) is 92.8 Å². The van der Waals surface area contributed by atoms with Crippen molar-refractivity contribution >= 4 is 22.6 Å². The summed E-state index contributed by atoms with van der Waals surface area (Å²) in [5.74, 6) is 1.42. The van der Waals surface area contributed by atoms with Gasteiger partial charge in [-0.1, -0.05) is 12.1 Å². The monoisotopic (exact) mass is 615 g/mol. The van der Waals surface area contributed by atoms with Gasteiger partial charge in [-0.05, 0) is 64.4 Å². The van der Waals surface area contributed by atoms with E-state index in [9.17, 15) is 8.42 Å². The van der Waals surface area contributed by atoms with Crippen LogP contribution >= 0.6 is 0 Å². The fourth-order valence-electron chi connectivity index (χ4n) is 4.92. The zero-order valence-corrected chi connectivity index (χ0v) is 26.9. The summed E-state index contributed by atoms with van der Waals surface area (Å²) in [6.45, 7) is 8.86. The van der Waals surface area contributed by atoms with Gasteiger partial charge < -0.3 is 28.3 Å². The second kappa shape index (κ2) is 12.4. The standard InChI is InChI=1S/C31H39BFNO8S/c1-20-28(15-14-25(33)29(20)32-41-30(2,3)31(4,5)42-32)43(35,36)34(18-21-10-12-23(37-6)16-26(21)39-8)19-22-11-13-24(38-7)17-27(22)40-9/h10-17H,18-19H2,1-9H3. The molecule has 12 heteroatoms. The highest BCUT2D eigenvalue weighted by Crippen LogP contribution is 2.38. The van der Waals surface area contributed by atoms with Gasteiger partial charge >= 0.3 is 7.12 Å². The van der Waals surface area contributed by atoms with E-state index in [1.807, 2.05) is 27.7 Å². The van der Waals surface area contributed by atoms with E-state index in [1.165, 1.54) is 38.8 Å². The lowest BCUT2D eigenvalue weighted by Crippen LogP contribution is -2.41. The van der Waals surface area contributed by atoms with Crippen LogP contribution in [0, 0.1) is 12.7 Å². The first-order chi connectivity index (χ1) is 20.2. The molecule has 232 valence electrons. The number of hydrogen-bond donors (Lipinski definition) is 0. The molecule has 1 heterocycles. The Morgan fingerprint density at radius 1 is 0.767 bits per heavy atom. The van der Waals surface area contributed by atoms with E-state index in [2.05, 4.69) is 0 Å². The first-order valence-electron chi connectivity index (χ1n) is 13.8. The quantitative estimate of drug-likeness (QED) is 0.283. The molecule has 0 atom stereocenters. The van der Waals surface area contributed by atoms with Gasteiger partial charge in [0.05, 0.1) is 44.5 Å². The van der Waals surface area contributed by atoms with Crippen LogP contribution in [-0.4, -0.2) is 59.5 Å². The van der Waals surface area contributed by atoms with Crippen molar-refractivity contribution in [1.29, 1.82) is 0 Å². The lowest BCUT2D eigenvalue weighted by atomic mass is 9.76. The van der Waals surface area contributed by atoms with Gasteiger partial charge in [0.15, 0.2) is 0 Å². The van der Waals surface area contributed by atoms with Crippen molar-refractivity contribution in [3.63, 3.8) is 0 Å². The number of halogens is 1. The zero-order chi connectivity index (χ0) is 31.7. The minimum absolute atomic E-state index is 0.0451. The van der Waals surface area contributed by atoms with E-state index >= 15 is 4.39 Å². The zero-order valence-electron chi connectivity index (χ0n) is 26.1. The van der Waals surface area contributed by atoms with Crippen LogP contribution in [-0.2, 0) is 32.4 Å². The number of rotatable bonds is 11. The van der Waals surface area contributed by atoms with Crippen molar-refractivity contribution in [2.45, 2.75) is 63.8 Å². The normalized spacial score (nSPS) is 15.9. The fraction of sp³-hybridized carbons (Fsp3) is 0.419. The molecule has 1 aliphatic heterocycles. The summed E-state index contributed by atoms with van der Waals surface area (Å²) in [7, 11) is 0.745. The van der Waals surface area contributed by atoms with Crippen molar-refractivity contribution in [2.24, 2.45) is 0 Å². The van der Waals surface area contributed by atoms with Crippen molar-refractivity contribution in [3.8, 4) is 23.0 Å². The lowest BCUT2D eigenvalue weighted by Gasteiger charge is -2.32. The Bertz CT molecular complexity index is 1520. The summed E-state index contributed by atoms with van der Waals surface area (Å²) < 4.78 is 79.7. The molecule has 0 N–H and O–H groups in total. The van der Waals surface area contributed by atoms with Crippen LogP contribution in [0.25, 0.3) is 0 Å². The maximum atomic E-state index is 15.4. The second-order valence-corrected chi connectivity index (χ2v) is 13.2. The summed E-state index contributed by atoms with van der Waals surface area (Å²) in [5, 5.41) is 0. The second-order valence-electron chi connectivity index (χ2n) is 11.3. The van der Waals surface area contributed by atoms with E-state index in [0.29, 0.717) is 34.1 Å². The van der Waals surface area contributed by atoms with Gasteiger partial charge in [0, 0.05) is 41.8 Å². The summed E-state index contributed by atoms with van der Waals surface area (Å²) >= 11 is 0. The van der Waals surface area contributed by atoms with Crippen molar-refractivity contribution < 1.29 is 41.1 Å². The molecular formula is C31H39BFNO8S. The van der Waals surface area contributed by atoms with Crippen LogP contribution in [0.4, 0.5) is 4.39 Å². The number of benzene rings is 3. The molecule has 1 aliphatic rings. The largest absolute Gasteiger partial charge is 0.498 e. The lowest BCUT2D eigenvalue weighted by molar-refractivity contribution is 0.00578. The molecule has 0 spiro atoms. The van der Waals surface area contributed by atoms with Crippen LogP contribution in [0.1, 0.15) is 44.4 Å². The summed E-state index contributed by atoms with van der Waals surface area (Å²) in [6.07, 6.45) is 0. The van der Waals surface area contributed by atoms with Gasteiger partial charge in [0.1, 0.15) is 28.8 Å². The Labute approximate surface area is 254 Å². The van der Waals surface area contributed by atoms with Crippen LogP contribution in [0.2, 0.25) is 0 Å². The smallest absolute Gasteiger partial charge is 0.497 e. The molecule has 9 nitrogen and oxygen atoms in total. The highest BCUT2D eigenvalue weighted by molar-refractivity contribution is 7.89. The predicted molar refractivity (Wildman–Crippen MR) is 162 cm³/mol. The van der Waals surface area contributed by atoms with Gasteiger partial charge in [0.2, 0.25) is 10.0 Å². The van der Waals surface area contributed by atoms with Crippen LogP contribution in [0.3, 0.4) is 0 Å². The summed E-state index contributed by atoms with van der Waals surface area (Å²) in [5.41, 5.74) is -0.0353. The first kappa shape index (κ1) is 32.6. The Morgan fingerprint density at radius 3 is 1.65 bits per heavy atom. The Hall–Kier alpha value is -3.32. The van der Waals surface area contributed by atoms with E-state index in [4.69, 9.17) is 28.3 Å². The van der Waals surface area contributed by atoms with Crippen molar-refractivity contribution in [1.82, 2.24) is 4.31 Å². The van der Waals surface area contributed by atoms with E-state index < -0.39 is 34.2 Å². The maximum Gasteiger partial charge on any atom is 0.498 e. The number of nitrogens with zero attached hydrogens (tertiary/aromatic N) is 1. The molecule has 1 saturated heterocycles. The molecule has 4 rings (SSSR count). The minimum atomic E-state index is -4.25. The third-order valence-electron chi connectivity index (χ3n) is 8.20. The van der Waals surface area contributed by atoms with Crippen LogP contribution in [0.5, 0.6) is 23.0 Å². The van der Waals surface area contributed by atoms with Crippen LogP contribution in [0.15, 0.2) is 53.4 Å². The molecule has 0 saturated carbocycles. The molecule has 0 aliphatic carbocycles. The van der Waals surface area contributed by atoms with Crippen LogP contribution < -0.4 is 24.4 Å². The summed E-state index contributed by atoms with van der Waals surface area (Å²) in [6, 6.07) is 12.8. The van der Waals surface area contributed by atoms with E-state index in [1.54, 1.807) is 43.3 Å². The average molecular weight is 616 g/mol. The third-order valence-corrected chi connectivity index (χ3v) is 10.1. The highest BCUT2D eigenvalue weighted by atomic mass is 32.2. The molecule has 0 radical (unpaired) electrons. The van der Waals surface area contributed by atoms with Gasteiger partial charge in [0.25, 0.3) is 0 Å². The van der Waals surface area contributed by atoms with E-state index in [-0.39, 0.29) is 29.0 Å². The minimum Gasteiger partial charge on any atom is -0.497 e. The Morgan fingerprint density at radius 2 is 1.23 bits per heavy atom. The van der Waals surface area contributed by atoms with Gasteiger partial charge in [-0.15, -0.1) is 0 Å². The number of methoxy groups -OCH3 is 4. The number of hydrogen-bond acceptors (Lipinski definition) is 8. The molecule has 3 aromatic carbocycles. The summed E-state index contributed by atoms with van der Waals surface area (Å²) in [4.78, 5) is -0.0708. The highest BCUT2D eigenvalue weighted by Gasteiger charge is 2.53. The van der Waals surface area contributed by atoms with Gasteiger partial charge in [-0.25, -0.2) is 12.8 Å². The molecule has 0 bridgehead atoms. The fourth-order valence-corrected chi connectivity index (χ4v) is 6.55. The van der Waals surface area contributed by atoms with E-state index in [0.717, 1.165) is 6.07 Å². The predicted octanol–water partition coefficient (Wildman–Crippen LogP) is 4.86. The van der Waals surface area contributed by atoms with Crippen molar-refractivity contribution in [3.05, 3.63) is 71.0 Å². The SMILES string of the molecule is COc1ccc(CN(Cc2ccc(OC)cc2OC)S(=O)(=O)c2ccc(F)c(B3OC(C)(C)C(C)(C)O3)c2C)c(OC)c1. The Kier molecular flexibility index (Phi) is 9.37. The Balaban J connectivity index is 1.84. The number of sulfonamides is 1. The molecule has 0 unspecified atom stereocenters. The van der Waals surface area contributed by atoms with Crippen molar-refractivity contribution in [2.75, 3.05) is 28.4 Å². The molecule has 0 aromatic heterocycles. The first-order valence-corrected chi connectivity index (χ1v) is 15.2. The average Bonchev–Trinajstić information content (AvgIpc) is 3.18.